The van der Waals surface area contributed by atoms with E-state index in [1.165, 1.54) is 6.92 Å². The van der Waals surface area contributed by atoms with Crippen LogP contribution in [0.15, 0.2) is 11.4 Å². The Hall–Kier alpha value is -0.950. The monoisotopic (exact) mass is 297 g/mol. The summed E-state index contributed by atoms with van der Waals surface area (Å²) in [4.78, 5) is 14.7. The third kappa shape index (κ3) is 4.56. The van der Waals surface area contributed by atoms with E-state index in [4.69, 9.17) is 4.74 Å². The van der Waals surface area contributed by atoms with E-state index in [0.717, 1.165) is 49.9 Å². The van der Waals surface area contributed by atoms with Crippen molar-refractivity contribution in [1.82, 2.24) is 10.2 Å². The molecular weight excluding hydrogens is 274 g/mol. The molecule has 1 unspecified atom stereocenters. The van der Waals surface area contributed by atoms with Gasteiger partial charge in [0.1, 0.15) is 0 Å². The standard InChI is InChI=1S/C14H23N3O2S/c1-3-17-5-6-19-12(10-17)8-15-9-14-13(4-7-20-14)16-11(2)18/h4,7,12,15H,3,5-6,8-10H2,1-2H3,(H,16,18). The van der Waals surface area contributed by atoms with E-state index in [9.17, 15) is 4.79 Å². The fourth-order valence-corrected chi connectivity index (χ4v) is 3.12. The maximum atomic E-state index is 11.1. The van der Waals surface area contributed by atoms with Crippen LogP contribution in [0.3, 0.4) is 0 Å². The van der Waals surface area contributed by atoms with Gasteiger partial charge in [-0.1, -0.05) is 6.92 Å². The second-order valence-electron chi connectivity index (χ2n) is 4.96. The van der Waals surface area contributed by atoms with Crippen molar-refractivity contribution in [3.63, 3.8) is 0 Å². The second-order valence-corrected chi connectivity index (χ2v) is 5.96. The van der Waals surface area contributed by atoms with Crippen molar-refractivity contribution in [2.45, 2.75) is 26.5 Å². The van der Waals surface area contributed by atoms with Gasteiger partial charge in [-0.3, -0.25) is 9.69 Å². The lowest BCUT2D eigenvalue weighted by Crippen LogP contribution is -2.46. The van der Waals surface area contributed by atoms with E-state index < -0.39 is 0 Å². The van der Waals surface area contributed by atoms with Crippen LogP contribution >= 0.6 is 11.3 Å². The van der Waals surface area contributed by atoms with Crippen LogP contribution < -0.4 is 10.6 Å². The summed E-state index contributed by atoms with van der Waals surface area (Å²) >= 11 is 1.65. The lowest BCUT2D eigenvalue weighted by atomic mass is 10.2. The van der Waals surface area contributed by atoms with Crippen LogP contribution in [0, 0.1) is 0 Å². The van der Waals surface area contributed by atoms with Crippen molar-refractivity contribution in [1.29, 1.82) is 0 Å². The predicted octanol–water partition coefficient (Wildman–Crippen LogP) is 1.52. The Morgan fingerprint density at radius 1 is 1.60 bits per heavy atom. The molecule has 0 spiro atoms. The summed E-state index contributed by atoms with van der Waals surface area (Å²) in [6.07, 6.45) is 0.257. The van der Waals surface area contributed by atoms with Gasteiger partial charge < -0.3 is 15.4 Å². The van der Waals surface area contributed by atoms with E-state index >= 15 is 0 Å². The molecule has 1 saturated heterocycles. The average Bonchev–Trinajstić information content (AvgIpc) is 2.86. The number of nitrogens with one attached hydrogen (secondary N) is 2. The molecule has 0 saturated carbocycles. The fraction of sp³-hybridized carbons (Fsp3) is 0.643. The number of ether oxygens (including phenoxy) is 1. The minimum atomic E-state index is -0.0288. The van der Waals surface area contributed by atoms with Crippen molar-refractivity contribution in [2.75, 3.05) is 38.1 Å². The van der Waals surface area contributed by atoms with Gasteiger partial charge in [-0.15, -0.1) is 11.3 Å². The van der Waals surface area contributed by atoms with Crippen LogP contribution in [0.4, 0.5) is 5.69 Å². The number of thiophene rings is 1. The van der Waals surface area contributed by atoms with Crippen LogP contribution in [-0.4, -0.2) is 49.7 Å². The molecule has 0 aliphatic carbocycles. The van der Waals surface area contributed by atoms with Gasteiger partial charge in [0.15, 0.2) is 0 Å². The summed E-state index contributed by atoms with van der Waals surface area (Å²) in [5.74, 6) is -0.0288. The highest BCUT2D eigenvalue weighted by Gasteiger charge is 2.18. The molecule has 1 aromatic heterocycles. The Morgan fingerprint density at radius 2 is 2.45 bits per heavy atom. The molecule has 1 fully saturated rings. The highest BCUT2D eigenvalue weighted by Crippen LogP contribution is 2.22. The summed E-state index contributed by atoms with van der Waals surface area (Å²) < 4.78 is 5.75. The van der Waals surface area contributed by atoms with Gasteiger partial charge in [-0.2, -0.15) is 0 Å². The quantitative estimate of drug-likeness (QED) is 0.836. The first-order valence-corrected chi connectivity index (χ1v) is 7.95. The van der Waals surface area contributed by atoms with Crippen LogP contribution in [0.25, 0.3) is 0 Å². The first kappa shape index (κ1) is 15.4. The topological polar surface area (TPSA) is 53.6 Å². The molecule has 2 rings (SSSR count). The lowest BCUT2D eigenvalue weighted by molar-refractivity contribution is -0.114. The van der Waals surface area contributed by atoms with Gasteiger partial charge >= 0.3 is 0 Å². The molecule has 20 heavy (non-hydrogen) atoms. The number of carbonyl (C=O) groups is 1. The smallest absolute Gasteiger partial charge is 0.221 e. The van der Waals surface area contributed by atoms with E-state index in [-0.39, 0.29) is 12.0 Å². The van der Waals surface area contributed by atoms with E-state index in [2.05, 4.69) is 22.5 Å². The summed E-state index contributed by atoms with van der Waals surface area (Å²) in [6, 6.07) is 1.94. The number of hydrogen-bond donors (Lipinski definition) is 2. The first-order valence-electron chi connectivity index (χ1n) is 7.07. The molecule has 5 nitrogen and oxygen atoms in total. The summed E-state index contributed by atoms with van der Waals surface area (Å²) in [5, 5.41) is 8.27. The van der Waals surface area contributed by atoms with Gasteiger partial charge in [0, 0.05) is 38.0 Å². The molecule has 0 radical (unpaired) electrons. The Bertz CT molecular complexity index is 436. The van der Waals surface area contributed by atoms with Gasteiger partial charge in [-0.25, -0.2) is 0 Å². The number of likely N-dealkylation sites (N-methyl/N-ethyl adjacent to an activating group) is 1. The second kappa shape index (κ2) is 7.73. The molecular formula is C14H23N3O2S. The molecule has 0 bridgehead atoms. The Labute approximate surface area is 124 Å². The van der Waals surface area contributed by atoms with Gasteiger partial charge in [0.25, 0.3) is 0 Å². The van der Waals surface area contributed by atoms with Gasteiger partial charge in [-0.05, 0) is 18.0 Å². The zero-order valence-electron chi connectivity index (χ0n) is 12.1. The number of amides is 1. The minimum absolute atomic E-state index is 0.0288. The zero-order chi connectivity index (χ0) is 14.4. The fourth-order valence-electron chi connectivity index (χ4n) is 2.32. The number of rotatable bonds is 6. The molecule has 1 atom stereocenters. The molecule has 2 N–H and O–H groups in total. The van der Waals surface area contributed by atoms with Crippen LogP contribution in [-0.2, 0) is 16.1 Å². The van der Waals surface area contributed by atoms with Crippen molar-refractivity contribution in [2.24, 2.45) is 0 Å². The Morgan fingerprint density at radius 3 is 3.20 bits per heavy atom. The molecule has 1 amide bonds. The molecule has 1 aliphatic heterocycles. The molecule has 112 valence electrons. The van der Waals surface area contributed by atoms with E-state index in [0.29, 0.717) is 0 Å². The van der Waals surface area contributed by atoms with E-state index in [1.807, 2.05) is 11.4 Å². The minimum Gasteiger partial charge on any atom is -0.374 e. The summed E-state index contributed by atoms with van der Waals surface area (Å²) in [5.41, 5.74) is 0.912. The third-order valence-electron chi connectivity index (χ3n) is 3.38. The molecule has 2 heterocycles. The third-order valence-corrected chi connectivity index (χ3v) is 4.30. The Kier molecular flexibility index (Phi) is 5.97. The Balaban J connectivity index is 1.75. The summed E-state index contributed by atoms with van der Waals surface area (Å²) in [6.45, 7) is 9.24. The normalized spacial score (nSPS) is 20.0. The van der Waals surface area contributed by atoms with Crippen LogP contribution in [0.5, 0.6) is 0 Å². The van der Waals surface area contributed by atoms with Crippen molar-refractivity contribution < 1.29 is 9.53 Å². The van der Waals surface area contributed by atoms with Crippen molar-refractivity contribution in [3.05, 3.63) is 16.3 Å². The maximum Gasteiger partial charge on any atom is 0.221 e. The number of hydrogen-bond acceptors (Lipinski definition) is 5. The highest BCUT2D eigenvalue weighted by atomic mass is 32.1. The number of morpholine rings is 1. The molecule has 6 heteroatoms. The molecule has 1 aliphatic rings. The zero-order valence-corrected chi connectivity index (χ0v) is 13.0. The predicted molar refractivity (Wildman–Crippen MR) is 82.2 cm³/mol. The summed E-state index contributed by atoms with van der Waals surface area (Å²) in [7, 11) is 0. The van der Waals surface area contributed by atoms with E-state index in [1.54, 1.807) is 11.3 Å². The average molecular weight is 297 g/mol. The highest BCUT2D eigenvalue weighted by molar-refractivity contribution is 7.10. The lowest BCUT2D eigenvalue weighted by Gasteiger charge is -2.32. The number of carbonyl (C=O) groups excluding carboxylic acids is 1. The van der Waals surface area contributed by atoms with Crippen LogP contribution in [0.2, 0.25) is 0 Å². The molecule has 0 aromatic carbocycles. The largest absolute Gasteiger partial charge is 0.374 e. The first-order chi connectivity index (χ1) is 9.69. The SMILES string of the molecule is CCN1CCOC(CNCc2sccc2NC(C)=O)C1. The van der Waals surface area contributed by atoms with Gasteiger partial charge in [0.05, 0.1) is 18.4 Å². The number of nitrogens with zero attached hydrogens (tertiary/aromatic N) is 1. The van der Waals surface area contributed by atoms with Crippen molar-refractivity contribution >= 4 is 22.9 Å². The van der Waals surface area contributed by atoms with Crippen molar-refractivity contribution in [3.8, 4) is 0 Å². The molecule has 1 aromatic rings. The maximum absolute atomic E-state index is 11.1. The van der Waals surface area contributed by atoms with Gasteiger partial charge in [0.2, 0.25) is 5.91 Å². The van der Waals surface area contributed by atoms with Crippen LogP contribution in [0.1, 0.15) is 18.7 Å². The number of anilines is 1.